The van der Waals surface area contributed by atoms with Gasteiger partial charge in [-0.1, -0.05) is 103 Å². The molecule has 2 aliphatic rings. The third-order valence-electron chi connectivity index (χ3n) is 9.11. The quantitative estimate of drug-likeness (QED) is 0.0624. The van der Waals surface area contributed by atoms with E-state index in [0.29, 0.717) is 24.8 Å². The topological polar surface area (TPSA) is 116 Å². The lowest BCUT2D eigenvalue weighted by Crippen LogP contribution is -2.31. The van der Waals surface area contributed by atoms with Crippen LogP contribution in [0.25, 0.3) is 0 Å². The van der Waals surface area contributed by atoms with E-state index in [-0.39, 0.29) is 30.4 Å². The summed E-state index contributed by atoms with van der Waals surface area (Å²) in [4.78, 5) is 11.6. The van der Waals surface area contributed by atoms with Crippen LogP contribution in [-0.2, 0) is 14.3 Å². The average molecular weight is 597 g/mol. The van der Waals surface area contributed by atoms with Crippen LogP contribution in [0.4, 0.5) is 0 Å². The number of ether oxygens (including phenoxy) is 2. The molecule has 0 aliphatic carbocycles. The lowest BCUT2D eigenvalue weighted by atomic mass is 9.99. The summed E-state index contributed by atoms with van der Waals surface area (Å²) in [6, 6.07) is 0. The van der Waals surface area contributed by atoms with Crippen LogP contribution < -0.4 is 0 Å². The molecule has 7 nitrogen and oxygen atoms in total. The minimum absolute atomic E-state index is 0.147. The maximum absolute atomic E-state index is 11.6. The molecule has 1 saturated heterocycles. The van der Waals surface area contributed by atoms with Gasteiger partial charge in [-0.05, 0) is 57.9 Å². The standard InChI is InChI=1S/C35H64O7/c1-3-4-5-6-7-8-9-10-11-15-21-31(38)33-23-24-34(42-33)32(39)22-17-16-19-29(36)18-13-12-14-20-30(37)26-28-25-27(2)41-35(28)40/h25,27,29-34,36-39H,3-24,26H2,1-2H3/t27?,29?,30?,31-,32+,33+,34+/m0/s1. The Hall–Kier alpha value is -0.990. The maximum atomic E-state index is 11.6. The highest BCUT2D eigenvalue weighted by Crippen LogP contribution is 2.28. The molecule has 246 valence electrons. The Balaban J connectivity index is 1.41. The molecule has 0 bridgehead atoms. The average Bonchev–Trinajstić information content (AvgIpc) is 3.58. The fourth-order valence-corrected chi connectivity index (χ4v) is 6.42. The summed E-state index contributed by atoms with van der Waals surface area (Å²) in [6.45, 7) is 4.07. The van der Waals surface area contributed by atoms with Gasteiger partial charge in [-0.3, -0.25) is 0 Å². The number of aliphatic hydroxyl groups excluding tert-OH is 4. The molecule has 1 fully saturated rings. The van der Waals surface area contributed by atoms with Crippen molar-refractivity contribution in [2.45, 2.75) is 204 Å². The van der Waals surface area contributed by atoms with Crippen molar-refractivity contribution in [3.8, 4) is 0 Å². The molecule has 3 unspecified atom stereocenters. The van der Waals surface area contributed by atoms with Crippen LogP contribution in [0.5, 0.6) is 0 Å². The van der Waals surface area contributed by atoms with Gasteiger partial charge in [0.2, 0.25) is 0 Å². The summed E-state index contributed by atoms with van der Waals surface area (Å²) in [6.07, 6.45) is 22.4. The first kappa shape index (κ1) is 37.2. The third kappa shape index (κ3) is 16.2. The minimum atomic E-state index is -0.530. The highest BCUT2D eigenvalue weighted by molar-refractivity contribution is 5.90. The zero-order chi connectivity index (χ0) is 30.6. The molecule has 2 rings (SSSR count). The Morgan fingerprint density at radius 2 is 1.10 bits per heavy atom. The second-order valence-electron chi connectivity index (χ2n) is 13.1. The Kier molecular flexibility index (Phi) is 19.9. The largest absolute Gasteiger partial charge is 0.455 e. The van der Waals surface area contributed by atoms with Crippen molar-refractivity contribution in [1.29, 1.82) is 0 Å². The van der Waals surface area contributed by atoms with Crippen LogP contribution in [0.1, 0.15) is 162 Å². The molecule has 0 saturated carbocycles. The van der Waals surface area contributed by atoms with Crippen molar-refractivity contribution in [3.63, 3.8) is 0 Å². The van der Waals surface area contributed by atoms with Gasteiger partial charge in [-0.25, -0.2) is 4.79 Å². The van der Waals surface area contributed by atoms with Crippen molar-refractivity contribution in [3.05, 3.63) is 11.6 Å². The van der Waals surface area contributed by atoms with Gasteiger partial charge < -0.3 is 29.9 Å². The molecular weight excluding hydrogens is 532 g/mol. The van der Waals surface area contributed by atoms with Gasteiger partial charge in [0.25, 0.3) is 0 Å². The number of esters is 1. The summed E-state index contributed by atoms with van der Waals surface area (Å²) >= 11 is 0. The number of hydrogen-bond donors (Lipinski definition) is 4. The number of aliphatic hydroxyl groups is 4. The number of hydrogen-bond acceptors (Lipinski definition) is 7. The van der Waals surface area contributed by atoms with E-state index in [4.69, 9.17) is 9.47 Å². The maximum Gasteiger partial charge on any atom is 0.334 e. The zero-order valence-corrected chi connectivity index (χ0v) is 26.9. The van der Waals surface area contributed by atoms with Crippen LogP contribution in [-0.4, -0.2) is 69.1 Å². The lowest BCUT2D eigenvalue weighted by molar-refractivity contribution is -0.139. The predicted octanol–water partition coefficient (Wildman–Crippen LogP) is 7.06. The van der Waals surface area contributed by atoms with E-state index in [9.17, 15) is 25.2 Å². The summed E-state index contributed by atoms with van der Waals surface area (Å²) in [5, 5.41) is 41.7. The van der Waals surface area contributed by atoms with Gasteiger partial charge in [0.1, 0.15) is 6.10 Å². The van der Waals surface area contributed by atoms with Crippen molar-refractivity contribution in [2.75, 3.05) is 0 Å². The van der Waals surface area contributed by atoms with E-state index < -0.39 is 18.3 Å². The SMILES string of the molecule is CCCCCCCCCCCC[C@H](O)[C@H]1CC[C@H]([C@H](O)CCCCC(O)CCCCCC(O)CC2=CC(C)OC2=O)O1. The fourth-order valence-electron chi connectivity index (χ4n) is 6.42. The Morgan fingerprint density at radius 3 is 1.62 bits per heavy atom. The van der Waals surface area contributed by atoms with Gasteiger partial charge >= 0.3 is 5.97 Å². The Bertz CT molecular complexity index is 726. The smallest absolute Gasteiger partial charge is 0.334 e. The van der Waals surface area contributed by atoms with Gasteiger partial charge in [0.05, 0.1) is 36.6 Å². The van der Waals surface area contributed by atoms with Gasteiger partial charge in [0.15, 0.2) is 0 Å². The van der Waals surface area contributed by atoms with Crippen molar-refractivity contribution in [1.82, 2.24) is 0 Å². The van der Waals surface area contributed by atoms with E-state index in [2.05, 4.69) is 6.92 Å². The van der Waals surface area contributed by atoms with Crippen LogP contribution in [0.2, 0.25) is 0 Å². The Morgan fingerprint density at radius 1 is 0.667 bits per heavy atom. The predicted molar refractivity (Wildman–Crippen MR) is 168 cm³/mol. The zero-order valence-electron chi connectivity index (χ0n) is 26.9. The molecule has 0 amide bonds. The third-order valence-corrected chi connectivity index (χ3v) is 9.11. The first-order valence-corrected chi connectivity index (χ1v) is 17.6. The molecule has 4 N–H and O–H groups in total. The number of rotatable bonds is 26. The normalized spacial score (nSPS) is 23.5. The van der Waals surface area contributed by atoms with Gasteiger partial charge in [-0.2, -0.15) is 0 Å². The van der Waals surface area contributed by atoms with E-state index in [0.717, 1.165) is 70.6 Å². The van der Waals surface area contributed by atoms with Crippen molar-refractivity contribution >= 4 is 5.97 Å². The van der Waals surface area contributed by atoms with Crippen LogP contribution in [0, 0.1) is 0 Å². The van der Waals surface area contributed by atoms with Crippen LogP contribution in [0.15, 0.2) is 11.6 Å². The molecular formula is C35H64O7. The van der Waals surface area contributed by atoms with Gasteiger partial charge in [0, 0.05) is 12.0 Å². The summed E-state index contributed by atoms with van der Waals surface area (Å²) in [5.74, 6) is -0.314. The second kappa shape index (κ2) is 22.5. The molecule has 2 heterocycles. The summed E-state index contributed by atoms with van der Waals surface area (Å²) in [7, 11) is 0. The molecule has 7 heteroatoms. The van der Waals surface area contributed by atoms with E-state index in [1.165, 1.54) is 57.8 Å². The number of carbonyl (C=O) groups is 1. The summed E-state index contributed by atoms with van der Waals surface area (Å²) in [5.41, 5.74) is 0.576. The molecule has 2 aliphatic heterocycles. The first-order chi connectivity index (χ1) is 20.3. The van der Waals surface area contributed by atoms with E-state index in [1.807, 2.05) is 6.92 Å². The second-order valence-corrected chi connectivity index (χ2v) is 13.1. The number of unbranched alkanes of at least 4 members (excludes halogenated alkanes) is 12. The van der Waals surface area contributed by atoms with Gasteiger partial charge in [-0.15, -0.1) is 0 Å². The van der Waals surface area contributed by atoms with Crippen LogP contribution >= 0.6 is 0 Å². The number of cyclic esters (lactones) is 1. The van der Waals surface area contributed by atoms with E-state index >= 15 is 0 Å². The minimum Gasteiger partial charge on any atom is -0.455 e. The highest BCUT2D eigenvalue weighted by Gasteiger charge is 2.34. The molecule has 0 aromatic heterocycles. The molecule has 42 heavy (non-hydrogen) atoms. The molecule has 0 spiro atoms. The Labute approximate surface area is 256 Å². The summed E-state index contributed by atoms with van der Waals surface area (Å²) < 4.78 is 11.1. The van der Waals surface area contributed by atoms with Crippen molar-refractivity contribution < 1.29 is 34.7 Å². The van der Waals surface area contributed by atoms with Crippen LogP contribution in [0.3, 0.4) is 0 Å². The van der Waals surface area contributed by atoms with E-state index in [1.54, 1.807) is 6.08 Å². The highest BCUT2D eigenvalue weighted by atomic mass is 16.5. The fraction of sp³-hybridized carbons (Fsp3) is 0.914. The first-order valence-electron chi connectivity index (χ1n) is 17.6. The molecule has 0 aromatic rings. The monoisotopic (exact) mass is 596 g/mol. The molecule has 7 atom stereocenters. The molecule has 0 radical (unpaired) electrons. The molecule has 0 aromatic carbocycles. The van der Waals surface area contributed by atoms with Crippen molar-refractivity contribution in [2.24, 2.45) is 0 Å². The number of carbonyl (C=O) groups excluding carboxylic acids is 1. The lowest BCUT2D eigenvalue weighted by Gasteiger charge is -2.22.